The van der Waals surface area contributed by atoms with E-state index in [1.165, 1.54) is 18.4 Å². The van der Waals surface area contributed by atoms with Gasteiger partial charge in [0.05, 0.1) is 0 Å². The van der Waals surface area contributed by atoms with Gasteiger partial charge in [0.2, 0.25) is 0 Å². The van der Waals surface area contributed by atoms with Crippen LogP contribution in [0.3, 0.4) is 0 Å². The number of carbonyl (C=O) groups excluding carboxylic acids is 1. The first-order valence-corrected chi connectivity index (χ1v) is 10.3. The molecule has 0 aliphatic carbocycles. The van der Waals surface area contributed by atoms with Crippen LogP contribution < -0.4 is 0 Å². The van der Waals surface area contributed by atoms with Crippen LogP contribution in [0, 0.1) is 0 Å². The molecule has 0 N–H and O–H groups in total. The summed E-state index contributed by atoms with van der Waals surface area (Å²) in [5, 5.41) is 0.666. The van der Waals surface area contributed by atoms with Crippen molar-refractivity contribution in [3.05, 3.63) is 70.7 Å². The van der Waals surface area contributed by atoms with Crippen molar-refractivity contribution < 1.29 is 4.79 Å². The molecule has 1 amide bonds. The molecule has 3 nitrogen and oxygen atoms in total. The van der Waals surface area contributed by atoms with Crippen LogP contribution in [0.5, 0.6) is 0 Å². The average Bonchev–Trinajstić information content (AvgIpc) is 2.90. The molecule has 2 aliphatic heterocycles. The summed E-state index contributed by atoms with van der Waals surface area (Å²) in [6, 6.07) is 19.3. The molecule has 0 radical (unpaired) electrons. The number of piperidine rings is 1. The van der Waals surface area contributed by atoms with E-state index < -0.39 is 0 Å². The first-order valence-electron chi connectivity index (χ1n) is 9.94. The van der Waals surface area contributed by atoms with Crippen LogP contribution in [0.15, 0.2) is 54.6 Å². The van der Waals surface area contributed by atoms with Crippen molar-refractivity contribution in [2.45, 2.75) is 50.2 Å². The minimum Gasteiger partial charge on any atom is -0.335 e. The second-order valence-electron chi connectivity index (χ2n) is 7.92. The van der Waals surface area contributed by atoms with Crippen LogP contribution in [0.2, 0.25) is 5.02 Å². The fourth-order valence-electron chi connectivity index (χ4n) is 4.74. The predicted octanol–water partition coefficient (Wildman–Crippen LogP) is 4.65. The van der Waals surface area contributed by atoms with Crippen LogP contribution >= 0.6 is 11.6 Å². The highest BCUT2D eigenvalue weighted by Crippen LogP contribution is 2.36. The smallest absolute Gasteiger partial charge is 0.254 e. The van der Waals surface area contributed by atoms with E-state index in [4.69, 9.17) is 11.6 Å². The molecule has 27 heavy (non-hydrogen) atoms. The number of benzene rings is 2. The average molecular weight is 383 g/mol. The molecule has 0 spiro atoms. The van der Waals surface area contributed by atoms with Crippen molar-refractivity contribution in [3.63, 3.8) is 0 Å². The molecule has 2 aromatic carbocycles. The Labute approximate surface area is 166 Å². The van der Waals surface area contributed by atoms with Gasteiger partial charge in [0.25, 0.3) is 5.91 Å². The lowest BCUT2D eigenvalue weighted by atomic mass is 9.95. The summed E-state index contributed by atoms with van der Waals surface area (Å²) in [5.41, 5.74) is 2.01. The van der Waals surface area contributed by atoms with Gasteiger partial charge in [0, 0.05) is 35.3 Å². The molecule has 2 aliphatic rings. The Bertz CT molecular complexity index is 763. The Morgan fingerprint density at radius 3 is 2.30 bits per heavy atom. The number of hydrogen-bond donors (Lipinski definition) is 0. The summed E-state index contributed by atoms with van der Waals surface area (Å²) >= 11 is 6.02. The standard InChI is InChI=1S/C23H27ClN2O/c1-25-20-11-12-21(25)16-22(15-20)26(14-13-17-5-3-2-4-6-17)23(27)18-7-9-19(24)10-8-18/h2-10,20-22H,11-16H2,1H3/t20-,21-/m1/s1. The topological polar surface area (TPSA) is 23.6 Å². The Hall–Kier alpha value is -1.84. The number of nitrogens with zero attached hydrogens (tertiary/aromatic N) is 2. The highest BCUT2D eigenvalue weighted by atomic mass is 35.5. The van der Waals surface area contributed by atoms with Gasteiger partial charge in [-0.2, -0.15) is 0 Å². The molecule has 2 fully saturated rings. The third-order valence-corrected chi connectivity index (χ3v) is 6.60. The molecule has 2 heterocycles. The molecule has 0 aromatic heterocycles. The number of fused-ring (bicyclic) bond motifs is 2. The van der Waals surface area contributed by atoms with Crippen LogP contribution in [0.4, 0.5) is 0 Å². The lowest BCUT2D eigenvalue weighted by Crippen LogP contribution is -2.51. The van der Waals surface area contributed by atoms with Crippen LogP contribution in [-0.4, -0.2) is 47.4 Å². The molecule has 4 rings (SSSR count). The Morgan fingerprint density at radius 2 is 1.67 bits per heavy atom. The van der Waals surface area contributed by atoms with Gasteiger partial charge >= 0.3 is 0 Å². The maximum Gasteiger partial charge on any atom is 0.254 e. The van der Waals surface area contributed by atoms with E-state index in [9.17, 15) is 4.79 Å². The zero-order valence-corrected chi connectivity index (χ0v) is 16.6. The summed E-state index contributed by atoms with van der Waals surface area (Å²) in [5.74, 6) is 0.136. The largest absolute Gasteiger partial charge is 0.335 e. The van der Waals surface area contributed by atoms with Gasteiger partial charge in [-0.25, -0.2) is 0 Å². The SMILES string of the molecule is CN1[C@@H]2CC[C@@H]1CC(N(CCc1ccccc1)C(=O)c1ccc(Cl)cc1)C2. The molecule has 2 aromatic rings. The third kappa shape index (κ3) is 4.04. The third-order valence-electron chi connectivity index (χ3n) is 6.35. The maximum atomic E-state index is 13.4. The monoisotopic (exact) mass is 382 g/mol. The summed E-state index contributed by atoms with van der Waals surface area (Å²) in [4.78, 5) is 18.0. The van der Waals surface area contributed by atoms with Crippen molar-refractivity contribution >= 4 is 17.5 Å². The van der Waals surface area contributed by atoms with Gasteiger partial charge in [-0.3, -0.25) is 4.79 Å². The van der Waals surface area contributed by atoms with Gasteiger partial charge in [-0.1, -0.05) is 41.9 Å². The Morgan fingerprint density at radius 1 is 1.04 bits per heavy atom. The van der Waals surface area contributed by atoms with Gasteiger partial charge in [-0.05, 0) is 69.0 Å². The highest BCUT2D eigenvalue weighted by molar-refractivity contribution is 6.30. The molecule has 0 unspecified atom stereocenters. The number of carbonyl (C=O) groups is 1. The van der Waals surface area contributed by atoms with Crippen molar-refractivity contribution in [2.75, 3.05) is 13.6 Å². The maximum absolute atomic E-state index is 13.4. The molecule has 142 valence electrons. The van der Waals surface area contributed by atoms with Crippen LogP contribution in [-0.2, 0) is 6.42 Å². The van der Waals surface area contributed by atoms with Crippen molar-refractivity contribution in [1.29, 1.82) is 0 Å². The summed E-state index contributed by atoms with van der Waals surface area (Å²) in [6.07, 6.45) is 5.59. The molecular weight excluding hydrogens is 356 g/mol. The molecule has 2 bridgehead atoms. The first kappa shape index (κ1) is 18.5. The van der Waals surface area contributed by atoms with E-state index in [-0.39, 0.29) is 5.91 Å². The van der Waals surface area contributed by atoms with E-state index in [1.54, 1.807) is 0 Å². The second kappa shape index (κ2) is 8.04. The fraction of sp³-hybridized carbons (Fsp3) is 0.435. The van der Waals surface area contributed by atoms with Gasteiger partial charge in [0.15, 0.2) is 0 Å². The first-order chi connectivity index (χ1) is 13.1. The summed E-state index contributed by atoms with van der Waals surface area (Å²) in [6.45, 7) is 0.763. The highest BCUT2D eigenvalue weighted by Gasteiger charge is 2.41. The molecule has 4 heteroatoms. The molecular formula is C23H27ClN2O. The predicted molar refractivity (Wildman–Crippen MR) is 110 cm³/mol. The minimum atomic E-state index is 0.136. The molecule has 2 saturated heterocycles. The van der Waals surface area contributed by atoms with Gasteiger partial charge in [0.1, 0.15) is 0 Å². The normalized spacial score (nSPS) is 24.7. The zero-order chi connectivity index (χ0) is 18.8. The number of amides is 1. The Kier molecular flexibility index (Phi) is 5.51. The summed E-state index contributed by atoms with van der Waals surface area (Å²) < 4.78 is 0. The Balaban J connectivity index is 1.55. The van der Waals surface area contributed by atoms with Crippen molar-refractivity contribution in [2.24, 2.45) is 0 Å². The van der Waals surface area contributed by atoms with Gasteiger partial charge < -0.3 is 9.80 Å². The number of halogens is 1. The van der Waals surface area contributed by atoms with Crippen molar-refractivity contribution in [3.8, 4) is 0 Å². The van der Waals surface area contributed by atoms with Gasteiger partial charge in [-0.15, -0.1) is 0 Å². The number of rotatable bonds is 5. The zero-order valence-electron chi connectivity index (χ0n) is 15.9. The molecule has 2 atom stereocenters. The van der Waals surface area contributed by atoms with Crippen LogP contribution in [0.25, 0.3) is 0 Å². The van der Waals surface area contributed by atoms with E-state index in [0.29, 0.717) is 23.1 Å². The van der Waals surface area contributed by atoms with E-state index in [0.717, 1.165) is 31.4 Å². The lowest BCUT2D eigenvalue weighted by molar-refractivity contribution is 0.0488. The second-order valence-corrected chi connectivity index (χ2v) is 8.35. The fourth-order valence-corrected chi connectivity index (χ4v) is 4.87. The lowest BCUT2D eigenvalue weighted by Gasteiger charge is -2.42. The van der Waals surface area contributed by atoms with Crippen molar-refractivity contribution in [1.82, 2.24) is 9.80 Å². The quantitative estimate of drug-likeness (QED) is 0.751. The van der Waals surface area contributed by atoms with E-state index >= 15 is 0 Å². The van der Waals surface area contributed by atoms with E-state index in [2.05, 4.69) is 41.1 Å². The van der Waals surface area contributed by atoms with E-state index in [1.807, 2.05) is 30.3 Å². The summed E-state index contributed by atoms with van der Waals surface area (Å²) in [7, 11) is 2.24. The van der Waals surface area contributed by atoms with Crippen LogP contribution in [0.1, 0.15) is 41.6 Å². The minimum absolute atomic E-state index is 0.136. The molecule has 0 saturated carbocycles. The number of hydrogen-bond acceptors (Lipinski definition) is 2.